The van der Waals surface area contributed by atoms with Crippen molar-refractivity contribution >= 4 is 23.6 Å². The van der Waals surface area contributed by atoms with Gasteiger partial charge >= 0.3 is 12.0 Å². The number of hydrogen-bond donors (Lipinski definition) is 3. The second-order valence-electron chi connectivity index (χ2n) is 4.86. The second-order valence-corrected chi connectivity index (χ2v) is 5.29. The Bertz CT molecular complexity index is 735. The van der Waals surface area contributed by atoms with Crippen molar-refractivity contribution in [3.8, 4) is 16.9 Å². The fraction of sp³-hybridized carbons (Fsp3) is 0.188. The number of benzene rings is 1. The lowest BCUT2D eigenvalue weighted by Crippen LogP contribution is -2.31. The summed E-state index contributed by atoms with van der Waals surface area (Å²) in [5.41, 5.74) is 1.00. The third-order valence-electron chi connectivity index (χ3n) is 2.85. The van der Waals surface area contributed by atoms with Gasteiger partial charge in [0.15, 0.2) is 5.69 Å². The predicted molar refractivity (Wildman–Crippen MR) is 91.4 cm³/mol. The van der Waals surface area contributed by atoms with Crippen LogP contribution in [0, 0.1) is 0 Å². The summed E-state index contributed by atoms with van der Waals surface area (Å²) in [4.78, 5) is 26.2. The third kappa shape index (κ3) is 5.44. The SMILES string of the molecule is CNC(=O)N(C)C.O=C(O)c1ncc(-c2cccc(Cl)c2)cc1O. The fourth-order valence-electron chi connectivity index (χ4n) is 1.67. The Hall–Kier alpha value is -2.80. The van der Waals surface area contributed by atoms with Crippen LogP contribution in [0.2, 0.25) is 5.02 Å². The molecule has 24 heavy (non-hydrogen) atoms. The molecule has 0 fully saturated rings. The van der Waals surface area contributed by atoms with Gasteiger partial charge in [0.05, 0.1) is 0 Å². The van der Waals surface area contributed by atoms with Crippen LogP contribution in [-0.4, -0.2) is 53.2 Å². The van der Waals surface area contributed by atoms with Gasteiger partial charge in [-0.25, -0.2) is 14.6 Å². The number of rotatable bonds is 2. The molecule has 0 aliphatic rings. The number of aromatic carboxylic acids is 1. The van der Waals surface area contributed by atoms with E-state index in [4.69, 9.17) is 16.7 Å². The van der Waals surface area contributed by atoms with Crippen LogP contribution < -0.4 is 5.32 Å². The Morgan fingerprint density at radius 2 is 1.88 bits per heavy atom. The van der Waals surface area contributed by atoms with Crippen molar-refractivity contribution in [1.82, 2.24) is 15.2 Å². The lowest BCUT2D eigenvalue weighted by molar-refractivity contribution is 0.0687. The van der Waals surface area contributed by atoms with Crippen LogP contribution in [0.3, 0.4) is 0 Å². The van der Waals surface area contributed by atoms with E-state index in [2.05, 4.69) is 10.3 Å². The number of carbonyl (C=O) groups is 2. The Labute approximate surface area is 144 Å². The van der Waals surface area contributed by atoms with Gasteiger partial charge in [-0.05, 0) is 23.8 Å². The van der Waals surface area contributed by atoms with Crippen molar-refractivity contribution in [2.45, 2.75) is 0 Å². The summed E-state index contributed by atoms with van der Waals surface area (Å²) >= 11 is 5.84. The van der Waals surface area contributed by atoms with Gasteiger partial charge in [0.25, 0.3) is 0 Å². The van der Waals surface area contributed by atoms with Gasteiger partial charge in [-0.15, -0.1) is 0 Å². The van der Waals surface area contributed by atoms with Gasteiger partial charge in [0.1, 0.15) is 5.75 Å². The summed E-state index contributed by atoms with van der Waals surface area (Å²) in [5, 5.41) is 21.3. The Morgan fingerprint density at radius 1 is 1.21 bits per heavy atom. The van der Waals surface area contributed by atoms with E-state index in [1.807, 2.05) is 0 Å². The first-order valence-corrected chi connectivity index (χ1v) is 7.21. The molecular weight excluding hydrogens is 334 g/mol. The molecule has 0 unspecified atom stereocenters. The number of pyridine rings is 1. The smallest absolute Gasteiger partial charge is 0.358 e. The average molecular weight is 352 g/mol. The molecule has 0 radical (unpaired) electrons. The number of carboxylic acids is 1. The standard InChI is InChI=1S/C12H8ClNO3.C4H10N2O/c13-9-3-1-2-7(4-9)8-5-10(15)11(12(16)17)14-6-8;1-5-4(7)6(2)3/h1-6,15H,(H,16,17);1-3H3,(H,5,7). The van der Waals surface area contributed by atoms with Crippen LogP contribution in [-0.2, 0) is 0 Å². The number of carboxylic acid groups (broad SMARTS) is 1. The number of amides is 2. The normalized spacial score (nSPS) is 9.50. The zero-order valence-corrected chi connectivity index (χ0v) is 14.2. The molecule has 8 heteroatoms. The number of nitrogens with zero attached hydrogens (tertiary/aromatic N) is 2. The van der Waals surface area contributed by atoms with E-state index in [9.17, 15) is 14.7 Å². The number of aromatic nitrogens is 1. The minimum atomic E-state index is -1.26. The Balaban J connectivity index is 0.000000351. The Kier molecular flexibility index (Phi) is 7.00. The van der Waals surface area contributed by atoms with Gasteiger partial charge in [-0.2, -0.15) is 0 Å². The van der Waals surface area contributed by atoms with E-state index in [1.54, 1.807) is 45.4 Å². The molecule has 0 saturated carbocycles. The first kappa shape index (κ1) is 19.2. The Morgan fingerprint density at radius 3 is 2.29 bits per heavy atom. The highest BCUT2D eigenvalue weighted by molar-refractivity contribution is 6.30. The van der Waals surface area contributed by atoms with Crippen LogP contribution in [0.25, 0.3) is 11.1 Å². The van der Waals surface area contributed by atoms with Gasteiger partial charge in [-0.3, -0.25) is 0 Å². The molecule has 0 saturated heterocycles. The molecule has 1 aromatic heterocycles. The van der Waals surface area contributed by atoms with E-state index >= 15 is 0 Å². The number of urea groups is 1. The molecule has 2 amide bonds. The maximum absolute atomic E-state index is 10.7. The van der Waals surface area contributed by atoms with Crippen LogP contribution in [0.15, 0.2) is 36.5 Å². The summed E-state index contributed by atoms with van der Waals surface area (Å²) in [5.74, 6) is -1.63. The van der Waals surface area contributed by atoms with Crippen molar-refractivity contribution in [2.24, 2.45) is 0 Å². The number of hydrogen-bond acceptors (Lipinski definition) is 4. The molecule has 1 heterocycles. The monoisotopic (exact) mass is 351 g/mol. The average Bonchev–Trinajstić information content (AvgIpc) is 2.54. The van der Waals surface area contributed by atoms with Gasteiger partial charge < -0.3 is 20.4 Å². The maximum Gasteiger partial charge on any atom is 0.358 e. The maximum atomic E-state index is 10.7. The van der Waals surface area contributed by atoms with Crippen LogP contribution in [0.1, 0.15) is 10.5 Å². The summed E-state index contributed by atoms with van der Waals surface area (Å²) < 4.78 is 0. The number of halogens is 1. The van der Waals surface area contributed by atoms with Crippen molar-refractivity contribution in [2.75, 3.05) is 21.1 Å². The highest BCUT2D eigenvalue weighted by atomic mass is 35.5. The van der Waals surface area contributed by atoms with Gasteiger partial charge in [-0.1, -0.05) is 23.7 Å². The van der Waals surface area contributed by atoms with E-state index < -0.39 is 5.97 Å². The van der Waals surface area contributed by atoms with E-state index in [0.717, 1.165) is 5.56 Å². The summed E-state index contributed by atoms with van der Waals surface area (Å²) in [7, 11) is 4.99. The molecule has 2 rings (SSSR count). The predicted octanol–water partition coefficient (Wildman–Crippen LogP) is 2.69. The summed E-state index contributed by atoms with van der Waals surface area (Å²) in [6.07, 6.45) is 1.38. The molecule has 2 aromatic rings. The molecule has 0 aliphatic heterocycles. The first-order valence-electron chi connectivity index (χ1n) is 6.83. The first-order chi connectivity index (χ1) is 11.3. The molecule has 0 spiro atoms. The number of aromatic hydroxyl groups is 1. The molecule has 7 nitrogen and oxygen atoms in total. The topological polar surface area (TPSA) is 103 Å². The van der Waals surface area contributed by atoms with Gasteiger partial charge in [0, 0.05) is 37.9 Å². The lowest BCUT2D eigenvalue weighted by Gasteiger charge is -2.06. The zero-order chi connectivity index (χ0) is 18.3. The molecule has 0 aliphatic carbocycles. The second kappa shape index (κ2) is 8.73. The van der Waals surface area contributed by atoms with Crippen molar-refractivity contribution < 1.29 is 19.8 Å². The largest absolute Gasteiger partial charge is 0.505 e. The molecule has 1 aromatic carbocycles. The molecule has 128 valence electrons. The highest BCUT2D eigenvalue weighted by Crippen LogP contribution is 2.26. The fourth-order valence-corrected chi connectivity index (χ4v) is 1.86. The number of nitrogens with one attached hydrogen (secondary N) is 1. The molecule has 3 N–H and O–H groups in total. The highest BCUT2D eigenvalue weighted by Gasteiger charge is 2.12. The molecular formula is C16H18ClN3O4. The van der Waals surface area contributed by atoms with Crippen molar-refractivity contribution in [3.63, 3.8) is 0 Å². The number of carbonyl (C=O) groups excluding carboxylic acids is 1. The van der Waals surface area contributed by atoms with E-state index in [-0.39, 0.29) is 17.5 Å². The van der Waals surface area contributed by atoms with Crippen molar-refractivity contribution in [1.29, 1.82) is 0 Å². The third-order valence-corrected chi connectivity index (χ3v) is 3.08. The quantitative estimate of drug-likeness (QED) is 0.772. The zero-order valence-electron chi connectivity index (χ0n) is 13.4. The van der Waals surface area contributed by atoms with Crippen LogP contribution >= 0.6 is 11.6 Å². The summed E-state index contributed by atoms with van der Waals surface area (Å²) in [6.45, 7) is 0. The minimum Gasteiger partial charge on any atom is -0.505 e. The van der Waals surface area contributed by atoms with Gasteiger partial charge in [0.2, 0.25) is 0 Å². The van der Waals surface area contributed by atoms with Crippen LogP contribution in [0.4, 0.5) is 4.79 Å². The van der Waals surface area contributed by atoms with Crippen LogP contribution in [0.5, 0.6) is 5.75 Å². The summed E-state index contributed by atoms with van der Waals surface area (Å²) in [6, 6.07) is 8.27. The molecule has 0 bridgehead atoms. The molecule has 0 atom stereocenters. The van der Waals surface area contributed by atoms with E-state index in [0.29, 0.717) is 10.6 Å². The minimum absolute atomic E-state index is 0.0694. The lowest BCUT2D eigenvalue weighted by atomic mass is 10.1. The van der Waals surface area contributed by atoms with Crippen molar-refractivity contribution in [3.05, 3.63) is 47.2 Å². The van der Waals surface area contributed by atoms with E-state index in [1.165, 1.54) is 17.2 Å².